The third-order valence-electron chi connectivity index (χ3n) is 2.91. The average Bonchev–Trinajstić information content (AvgIpc) is 2.31. The van der Waals surface area contributed by atoms with Gasteiger partial charge in [0.05, 0.1) is 6.42 Å². The van der Waals surface area contributed by atoms with E-state index >= 15 is 0 Å². The molecular weight excluding hydrogens is 220 g/mol. The summed E-state index contributed by atoms with van der Waals surface area (Å²) in [6, 6.07) is 0. The summed E-state index contributed by atoms with van der Waals surface area (Å²) in [5.74, 6) is -0.351. The van der Waals surface area contributed by atoms with Crippen molar-refractivity contribution in [3.8, 4) is 0 Å². The minimum Gasteiger partial charge on any atom is -0.458 e. The van der Waals surface area contributed by atoms with E-state index in [0.29, 0.717) is 12.8 Å². The number of hydrogen-bond acceptors (Lipinski definition) is 4. The first-order valence-corrected chi connectivity index (χ1v) is 6.37. The number of ether oxygens (including phenoxy) is 1. The lowest BCUT2D eigenvalue weighted by Gasteiger charge is -2.06. The molecule has 1 saturated heterocycles. The predicted octanol–water partition coefficient (Wildman–Crippen LogP) is 2.19. The van der Waals surface area contributed by atoms with Crippen LogP contribution < -0.4 is 0 Å². The van der Waals surface area contributed by atoms with E-state index < -0.39 is 5.97 Å². The molecule has 4 nitrogen and oxygen atoms in total. The molecule has 0 bridgehead atoms. The van der Waals surface area contributed by atoms with Crippen LogP contribution >= 0.6 is 0 Å². The van der Waals surface area contributed by atoms with Crippen molar-refractivity contribution < 1.29 is 19.1 Å². The lowest BCUT2D eigenvalue weighted by molar-refractivity contribution is -0.148. The number of cyclic esters (lactones) is 1. The standard InChI is InChI=1S/C13H20O4/c14-11-6-4-2-1-3-5-7-12(15)10-17-13(16)9-8-11/h1-10H2. The van der Waals surface area contributed by atoms with Gasteiger partial charge in [0.1, 0.15) is 12.4 Å². The van der Waals surface area contributed by atoms with Gasteiger partial charge in [-0.25, -0.2) is 0 Å². The second kappa shape index (κ2) is 7.98. The van der Waals surface area contributed by atoms with Gasteiger partial charge in [-0.2, -0.15) is 0 Å². The third-order valence-corrected chi connectivity index (χ3v) is 2.91. The molecule has 4 heteroatoms. The lowest BCUT2D eigenvalue weighted by Crippen LogP contribution is -2.15. The SMILES string of the molecule is O=C1CCCCCCCC(=O)COC(=O)CC1. The van der Waals surface area contributed by atoms with Crippen LogP contribution in [-0.2, 0) is 19.1 Å². The van der Waals surface area contributed by atoms with Crippen molar-refractivity contribution in [2.75, 3.05) is 6.61 Å². The van der Waals surface area contributed by atoms with Crippen molar-refractivity contribution in [1.29, 1.82) is 0 Å². The van der Waals surface area contributed by atoms with Crippen molar-refractivity contribution in [3.05, 3.63) is 0 Å². The van der Waals surface area contributed by atoms with Crippen LogP contribution in [0.5, 0.6) is 0 Å². The number of hydrogen-bond donors (Lipinski definition) is 0. The highest BCUT2D eigenvalue weighted by atomic mass is 16.5. The molecule has 1 heterocycles. The summed E-state index contributed by atoms with van der Waals surface area (Å²) >= 11 is 0. The van der Waals surface area contributed by atoms with Crippen molar-refractivity contribution in [2.24, 2.45) is 0 Å². The fourth-order valence-corrected chi connectivity index (χ4v) is 1.85. The molecule has 0 radical (unpaired) electrons. The molecule has 0 amide bonds. The molecule has 17 heavy (non-hydrogen) atoms. The van der Waals surface area contributed by atoms with Crippen LogP contribution in [0, 0.1) is 0 Å². The van der Waals surface area contributed by atoms with Crippen LogP contribution in [0.1, 0.15) is 57.8 Å². The van der Waals surface area contributed by atoms with Gasteiger partial charge in [0.25, 0.3) is 0 Å². The highest BCUT2D eigenvalue weighted by molar-refractivity contribution is 5.85. The summed E-state index contributed by atoms with van der Waals surface area (Å²) < 4.78 is 4.81. The molecule has 0 N–H and O–H groups in total. The Morgan fingerprint density at radius 1 is 0.647 bits per heavy atom. The quantitative estimate of drug-likeness (QED) is 0.609. The van der Waals surface area contributed by atoms with E-state index in [9.17, 15) is 14.4 Å². The number of ketones is 2. The van der Waals surface area contributed by atoms with Crippen molar-refractivity contribution >= 4 is 17.5 Å². The zero-order valence-corrected chi connectivity index (χ0v) is 10.2. The van der Waals surface area contributed by atoms with Crippen molar-refractivity contribution in [3.63, 3.8) is 0 Å². The molecule has 0 unspecified atom stereocenters. The topological polar surface area (TPSA) is 60.4 Å². The van der Waals surface area contributed by atoms with Gasteiger partial charge < -0.3 is 4.74 Å². The number of carbonyl (C=O) groups excluding carboxylic acids is 3. The molecule has 0 saturated carbocycles. The lowest BCUT2D eigenvalue weighted by atomic mass is 10.0. The second-order valence-corrected chi connectivity index (χ2v) is 4.51. The van der Waals surface area contributed by atoms with Gasteiger partial charge in [-0.05, 0) is 12.8 Å². The Balaban J connectivity index is 2.37. The fraction of sp³-hybridized carbons (Fsp3) is 0.769. The molecule has 0 atom stereocenters. The minimum atomic E-state index is -0.441. The van der Waals surface area contributed by atoms with Crippen LogP contribution in [0.2, 0.25) is 0 Å². The number of esters is 1. The van der Waals surface area contributed by atoms with E-state index in [2.05, 4.69) is 0 Å². The van der Waals surface area contributed by atoms with Gasteiger partial charge in [0, 0.05) is 19.3 Å². The maximum absolute atomic E-state index is 11.4. The van der Waals surface area contributed by atoms with Gasteiger partial charge >= 0.3 is 5.97 Å². The van der Waals surface area contributed by atoms with Gasteiger partial charge in [-0.1, -0.05) is 19.3 Å². The summed E-state index contributed by atoms with van der Waals surface area (Å²) in [6.07, 6.45) is 6.25. The molecule has 1 fully saturated rings. The predicted molar refractivity (Wildman–Crippen MR) is 62.5 cm³/mol. The third kappa shape index (κ3) is 6.87. The summed E-state index contributed by atoms with van der Waals surface area (Å²) in [7, 11) is 0. The molecule has 0 aromatic heterocycles. The number of rotatable bonds is 0. The zero-order valence-electron chi connectivity index (χ0n) is 10.2. The molecule has 0 aliphatic carbocycles. The van der Waals surface area contributed by atoms with E-state index in [-0.39, 0.29) is 31.0 Å². The first-order valence-electron chi connectivity index (χ1n) is 6.37. The van der Waals surface area contributed by atoms with Crippen molar-refractivity contribution in [2.45, 2.75) is 57.8 Å². The average molecular weight is 240 g/mol. The van der Waals surface area contributed by atoms with Gasteiger partial charge in [0.15, 0.2) is 5.78 Å². The largest absolute Gasteiger partial charge is 0.458 e. The highest BCUT2D eigenvalue weighted by Crippen LogP contribution is 2.10. The fourth-order valence-electron chi connectivity index (χ4n) is 1.85. The Kier molecular flexibility index (Phi) is 6.51. The van der Waals surface area contributed by atoms with Gasteiger partial charge in [-0.15, -0.1) is 0 Å². The van der Waals surface area contributed by atoms with Crippen LogP contribution in [0.15, 0.2) is 0 Å². The Morgan fingerprint density at radius 3 is 1.94 bits per heavy atom. The van der Waals surface area contributed by atoms with Crippen LogP contribution in [0.4, 0.5) is 0 Å². The molecule has 1 aliphatic heterocycles. The van der Waals surface area contributed by atoms with E-state index in [0.717, 1.165) is 32.1 Å². The van der Waals surface area contributed by atoms with Crippen LogP contribution in [-0.4, -0.2) is 24.1 Å². The maximum Gasteiger partial charge on any atom is 0.306 e. The van der Waals surface area contributed by atoms with E-state index in [4.69, 9.17) is 4.74 Å². The van der Waals surface area contributed by atoms with Gasteiger partial charge in [-0.3, -0.25) is 14.4 Å². The minimum absolute atomic E-state index is 0.0262. The normalized spacial score (nSPS) is 21.8. The Bertz CT molecular complexity index is 257. The maximum atomic E-state index is 11.4. The summed E-state index contributed by atoms with van der Waals surface area (Å²) in [4.78, 5) is 33.9. The Hall–Kier alpha value is -1.19. The summed E-state index contributed by atoms with van der Waals surface area (Å²) in [5, 5.41) is 0. The monoisotopic (exact) mass is 240 g/mol. The van der Waals surface area contributed by atoms with Crippen molar-refractivity contribution in [1.82, 2.24) is 0 Å². The Labute approximate surface area is 102 Å². The second-order valence-electron chi connectivity index (χ2n) is 4.51. The molecule has 0 aromatic rings. The van der Waals surface area contributed by atoms with Crippen LogP contribution in [0.3, 0.4) is 0 Å². The molecule has 1 rings (SSSR count). The first kappa shape index (κ1) is 13.9. The first-order chi connectivity index (χ1) is 8.18. The molecule has 1 aliphatic rings. The summed E-state index contributed by atoms with van der Waals surface area (Å²) in [5.41, 5.74) is 0. The van der Waals surface area contributed by atoms with E-state index in [1.807, 2.05) is 0 Å². The number of Topliss-reactive ketones (excluding diaryl/α,β-unsaturated/α-hetero) is 2. The molecule has 0 spiro atoms. The van der Waals surface area contributed by atoms with Gasteiger partial charge in [0.2, 0.25) is 0 Å². The highest BCUT2D eigenvalue weighted by Gasteiger charge is 2.11. The molecule has 0 aromatic carbocycles. The number of carbonyl (C=O) groups is 3. The summed E-state index contributed by atoms with van der Waals surface area (Å²) in [6.45, 7) is -0.132. The van der Waals surface area contributed by atoms with E-state index in [1.165, 1.54) is 0 Å². The molecular formula is C13H20O4. The van der Waals surface area contributed by atoms with Crippen LogP contribution in [0.25, 0.3) is 0 Å². The smallest absolute Gasteiger partial charge is 0.306 e. The molecule has 96 valence electrons. The van der Waals surface area contributed by atoms with E-state index in [1.54, 1.807) is 0 Å². The zero-order chi connectivity index (χ0) is 12.5. The Morgan fingerprint density at radius 2 is 1.24 bits per heavy atom.